The van der Waals surface area contributed by atoms with Crippen molar-refractivity contribution in [3.05, 3.63) is 69.0 Å². The lowest BCUT2D eigenvalue weighted by molar-refractivity contribution is -0.384. The first-order chi connectivity index (χ1) is 14.0. The van der Waals surface area contributed by atoms with Crippen molar-refractivity contribution in [1.82, 2.24) is 14.7 Å². The van der Waals surface area contributed by atoms with E-state index in [4.69, 9.17) is 16.6 Å². The maximum Gasteiger partial charge on any atom is 0.288 e. The molecule has 4 rings (SSSR count). The quantitative estimate of drug-likeness (QED) is 0.358. The lowest BCUT2D eigenvalue weighted by Gasteiger charge is -2.35. The summed E-state index contributed by atoms with van der Waals surface area (Å²) in [6.07, 6.45) is 0. The minimum atomic E-state index is -0.381. The highest BCUT2D eigenvalue weighted by Crippen LogP contribution is 2.23. The van der Waals surface area contributed by atoms with E-state index in [1.165, 1.54) is 0 Å². The Balaban J connectivity index is 1.39. The van der Waals surface area contributed by atoms with Crippen LogP contribution in [0.25, 0.3) is 11.5 Å². The van der Waals surface area contributed by atoms with Gasteiger partial charge in [-0.05, 0) is 42.9 Å². The van der Waals surface area contributed by atoms with Crippen LogP contribution in [0.4, 0.5) is 11.4 Å². The van der Waals surface area contributed by atoms with Crippen LogP contribution in [-0.2, 0) is 6.67 Å². The van der Waals surface area contributed by atoms with E-state index < -0.39 is 0 Å². The summed E-state index contributed by atoms with van der Waals surface area (Å²) in [6, 6.07) is 14.6. The lowest BCUT2D eigenvalue weighted by Crippen LogP contribution is -2.46. The highest BCUT2D eigenvalue weighted by molar-refractivity contribution is 7.71. The van der Waals surface area contributed by atoms with E-state index in [-0.39, 0.29) is 10.6 Å². The van der Waals surface area contributed by atoms with Crippen LogP contribution in [-0.4, -0.2) is 45.8 Å². The molecule has 1 aromatic heterocycles. The van der Waals surface area contributed by atoms with Crippen molar-refractivity contribution < 1.29 is 9.34 Å². The van der Waals surface area contributed by atoms with E-state index in [2.05, 4.69) is 14.9 Å². The van der Waals surface area contributed by atoms with E-state index in [1.807, 2.05) is 31.2 Å². The molecule has 1 aliphatic rings. The van der Waals surface area contributed by atoms with E-state index in [0.29, 0.717) is 17.4 Å². The number of hydrogen-bond donors (Lipinski definition) is 0. The van der Waals surface area contributed by atoms with Gasteiger partial charge in [0.1, 0.15) is 0 Å². The summed E-state index contributed by atoms with van der Waals surface area (Å²) in [5.41, 5.74) is 3.14. The minimum Gasteiger partial charge on any atom is -0.409 e. The molecule has 150 valence electrons. The summed E-state index contributed by atoms with van der Waals surface area (Å²) >= 11 is 5.36. The average Bonchev–Trinajstić information content (AvgIpc) is 3.09. The first kappa shape index (κ1) is 19.3. The highest BCUT2D eigenvalue weighted by Gasteiger charge is 2.20. The van der Waals surface area contributed by atoms with E-state index in [0.717, 1.165) is 43.0 Å². The summed E-state index contributed by atoms with van der Waals surface area (Å²) in [4.78, 5) is 15.3. The molecule has 0 bridgehead atoms. The summed E-state index contributed by atoms with van der Waals surface area (Å²) in [5, 5.41) is 15.4. The monoisotopic (exact) mass is 411 g/mol. The molecule has 0 radical (unpaired) electrons. The minimum absolute atomic E-state index is 0.109. The Labute approximate surface area is 173 Å². The first-order valence-electron chi connectivity index (χ1n) is 9.37. The number of nitro benzene ring substituents is 1. The standard InChI is InChI=1S/C20H21N5O3S/c1-15-4-2-3-5-18(15)19-21-24(20(29)28-19)14-22-10-12-23(13-11-22)16-6-8-17(9-7-16)25(26)27/h2-9H,10-14H2,1H3. The molecule has 0 amide bonds. The number of nitrogens with zero attached hydrogens (tertiary/aromatic N) is 5. The molecule has 9 heteroatoms. The van der Waals surface area contributed by atoms with Crippen LogP contribution in [0.15, 0.2) is 52.9 Å². The predicted molar refractivity (Wildman–Crippen MR) is 112 cm³/mol. The fourth-order valence-corrected chi connectivity index (χ4v) is 3.62. The number of nitro groups is 1. The molecular formula is C20H21N5O3S. The number of piperazine rings is 1. The van der Waals surface area contributed by atoms with Crippen LogP contribution in [0, 0.1) is 21.9 Å². The van der Waals surface area contributed by atoms with Crippen LogP contribution in [0.3, 0.4) is 0 Å². The van der Waals surface area contributed by atoms with E-state index in [9.17, 15) is 10.1 Å². The molecule has 1 saturated heterocycles. The first-order valence-corrected chi connectivity index (χ1v) is 9.78. The zero-order valence-electron chi connectivity index (χ0n) is 16.0. The molecule has 29 heavy (non-hydrogen) atoms. The Bertz CT molecular complexity index is 1070. The number of anilines is 1. The van der Waals surface area contributed by atoms with Gasteiger partial charge in [-0.25, -0.2) is 4.68 Å². The fourth-order valence-electron chi connectivity index (χ4n) is 3.44. The molecule has 0 unspecified atom stereocenters. The average molecular weight is 411 g/mol. The Morgan fingerprint density at radius 3 is 2.45 bits per heavy atom. The predicted octanol–water partition coefficient (Wildman–Crippen LogP) is 3.87. The summed E-state index contributed by atoms with van der Waals surface area (Å²) in [6.45, 7) is 5.92. The molecule has 1 aliphatic heterocycles. The maximum atomic E-state index is 10.8. The van der Waals surface area contributed by atoms with Crippen molar-refractivity contribution in [3.8, 4) is 11.5 Å². The van der Waals surface area contributed by atoms with Crippen molar-refractivity contribution >= 4 is 23.6 Å². The number of aromatic nitrogens is 2. The second-order valence-corrected chi connectivity index (χ2v) is 7.36. The Morgan fingerprint density at radius 1 is 1.10 bits per heavy atom. The molecule has 3 aromatic rings. The number of aryl methyl sites for hydroxylation is 1. The smallest absolute Gasteiger partial charge is 0.288 e. The lowest BCUT2D eigenvalue weighted by atomic mass is 10.1. The molecule has 1 fully saturated rings. The van der Waals surface area contributed by atoms with Gasteiger partial charge < -0.3 is 9.32 Å². The Kier molecular flexibility index (Phi) is 5.41. The normalized spacial score (nSPS) is 14.9. The SMILES string of the molecule is Cc1ccccc1-c1nn(CN2CCN(c3ccc([N+](=O)[O-])cc3)CC2)c(=S)o1. The maximum absolute atomic E-state index is 10.8. The largest absolute Gasteiger partial charge is 0.409 e. The summed E-state index contributed by atoms with van der Waals surface area (Å²) in [7, 11) is 0. The van der Waals surface area contributed by atoms with Crippen molar-refractivity contribution in [2.75, 3.05) is 31.1 Å². The van der Waals surface area contributed by atoms with Crippen LogP contribution < -0.4 is 4.90 Å². The van der Waals surface area contributed by atoms with E-state index >= 15 is 0 Å². The third kappa shape index (κ3) is 4.20. The summed E-state index contributed by atoms with van der Waals surface area (Å²) in [5.74, 6) is 0.539. The third-order valence-electron chi connectivity index (χ3n) is 5.11. The van der Waals surface area contributed by atoms with E-state index in [1.54, 1.807) is 28.9 Å². The molecule has 0 atom stereocenters. The van der Waals surface area contributed by atoms with Gasteiger partial charge in [-0.3, -0.25) is 15.0 Å². The number of rotatable bonds is 5. The molecule has 0 aliphatic carbocycles. The zero-order chi connectivity index (χ0) is 20.4. The van der Waals surface area contributed by atoms with Gasteiger partial charge in [-0.1, -0.05) is 18.2 Å². The Morgan fingerprint density at radius 2 is 1.79 bits per heavy atom. The molecule has 0 spiro atoms. The second-order valence-electron chi connectivity index (χ2n) is 7.01. The van der Waals surface area contributed by atoms with Gasteiger partial charge in [-0.15, -0.1) is 5.10 Å². The second kappa shape index (κ2) is 8.14. The molecule has 2 heterocycles. The Hall–Kier alpha value is -3.04. The van der Waals surface area contributed by atoms with Gasteiger partial charge in [0.25, 0.3) is 10.5 Å². The van der Waals surface area contributed by atoms with Gasteiger partial charge in [0.2, 0.25) is 5.89 Å². The van der Waals surface area contributed by atoms with Gasteiger partial charge in [0, 0.05) is 49.6 Å². The van der Waals surface area contributed by atoms with Crippen molar-refractivity contribution in [2.24, 2.45) is 0 Å². The van der Waals surface area contributed by atoms with Crippen LogP contribution >= 0.6 is 12.2 Å². The van der Waals surface area contributed by atoms with Crippen LogP contribution in [0.2, 0.25) is 0 Å². The summed E-state index contributed by atoms with van der Waals surface area (Å²) < 4.78 is 7.44. The van der Waals surface area contributed by atoms with Crippen molar-refractivity contribution in [3.63, 3.8) is 0 Å². The number of benzene rings is 2. The topological polar surface area (TPSA) is 80.6 Å². The molecule has 2 aromatic carbocycles. The van der Waals surface area contributed by atoms with Crippen LogP contribution in [0.1, 0.15) is 5.56 Å². The van der Waals surface area contributed by atoms with Gasteiger partial charge in [0.05, 0.1) is 11.6 Å². The van der Waals surface area contributed by atoms with Gasteiger partial charge >= 0.3 is 0 Å². The third-order valence-corrected chi connectivity index (χ3v) is 5.41. The van der Waals surface area contributed by atoms with Crippen molar-refractivity contribution in [2.45, 2.75) is 13.6 Å². The number of non-ortho nitro benzene ring substituents is 1. The highest BCUT2D eigenvalue weighted by atomic mass is 32.1. The van der Waals surface area contributed by atoms with Gasteiger partial charge in [0.15, 0.2) is 0 Å². The fraction of sp³-hybridized carbons (Fsp3) is 0.300. The molecule has 0 N–H and O–H groups in total. The van der Waals surface area contributed by atoms with Crippen molar-refractivity contribution in [1.29, 1.82) is 0 Å². The van der Waals surface area contributed by atoms with Crippen LogP contribution in [0.5, 0.6) is 0 Å². The molecule has 8 nitrogen and oxygen atoms in total. The van der Waals surface area contributed by atoms with Gasteiger partial charge in [-0.2, -0.15) is 0 Å². The zero-order valence-corrected chi connectivity index (χ0v) is 16.8. The molecular weight excluding hydrogens is 390 g/mol. The number of hydrogen-bond acceptors (Lipinski definition) is 7. The molecule has 0 saturated carbocycles.